The zero-order valence-corrected chi connectivity index (χ0v) is 14.0. The summed E-state index contributed by atoms with van der Waals surface area (Å²) in [5.74, 6) is 1.75. The molecule has 0 bridgehead atoms. The van der Waals surface area contributed by atoms with Gasteiger partial charge >= 0.3 is 0 Å². The third-order valence-corrected chi connectivity index (χ3v) is 4.78. The van der Waals surface area contributed by atoms with Crippen LogP contribution in [-0.2, 0) is 0 Å². The quantitative estimate of drug-likeness (QED) is 0.324. The molecule has 0 N–H and O–H groups in total. The highest BCUT2D eigenvalue weighted by Gasteiger charge is 2.37. The maximum atomic E-state index is 2.50. The number of hydrogen-bond acceptors (Lipinski definition) is 0. The highest BCUT2D eigenvalue weighted by Crippen LogP contribution is 2.50. The number of hydrogen-bond donors (Lipinski definition) is 0. The topological polar surface area (TPSA) is 0 Å². The van der Waals surface area contributed by atoms with Crippen molar-refractivity contribution in [3.63, 3.8) is 0 Å². The van der Waals surface area contributed by atoms with Crippen LogP contribution in [0.2, 0.25) is 0 Å². The van der Waals surface area contributed by atoms with Gasteiger partial charge in [0.2, 0.25) is 0 Å². The van der Waals surface area contributed by atoms with E-state index < -0.39 is 0 Å². The first-order valence-corrected chi connectivity index (χ1v) is 9.02. The van der Waals surface area contributed by atoms with Crippen LogP contribution < -0.4 is 0 Å². The van der Waals surface area contributed by atoms with Gasteiger partial charge in [-0.05, 0) is 50.0 Å². The molecule has 21 heavy (non-hydrogen) atoms. The normalized spacial score (nSPS) is 21.5. The Balaban J connectivity index is 1.58. The van der Waals surface area contributed by atoms with Crippen molar-refractivity contribution in [1.29, 1.82) is 0 Å². The van der Waals surface area contributed by atoms with Crippen molar-refractivity contribution in [3.05, 3.63) is 47.5 Å². The van der Waals surface area contributed by atoms with E-state index in [1.807, 2.05) is 0 Å². The van der Waals surface area contributed by atoms with E-state index in [1.54, 1.807) is 11.1 Å². The molecule has 0 heteroatoms. The van der Waals surface area contributed by atoms with E-state index in [0.717, 1.165) is 11.8 Å². The smallest absolute Gasteiger partial charge is 0.0127 e. The summed E-state index contributed by atoms with van der Waals surface area (Å²) in [5, 5.41) is 0. The van der Waals surface area contributed by atoms with Crippen LogP contribution in [0.5, 0.6) is 0 Å². The van der Waals surface area contributed by atoms with Crippen LogP contribution in [0, 0.1) is 5.92 Å². The average molecular weight is 284 g/mol. The fourth-order valence-electron chi connectivity index (χ4n) is 3.35. The van der Waals surface area contributed by atoms with Crippen LogP contribution in [0.4, 0.5) is 0 Å². The van der Waals surface area contributed by atoms with Crippen molar-refractivity contribution >= 4 is 0 Å². The Kier molecular flexibility index (Phi) is 7.06. The summed E-state index contributed by atoms with van der Waals surface area (Å²) < 4.78 is 0. The van der Waals surface area contributed by atoms with Gasteiger partial charge < -0.3 is 0 Å². The molecule has 0 saturated heterocycles. The number of rotatable bonds is 10. The van der Waals surface area contributed by atoms with Gasteiger partial charge in [0.05, 0.1) is 0 Å². The molecule has 0 amide bonds. The fourth-order valence-corrected chi connectivity index (χ4v) is 3.35. The highest BCUT2D eigenvalue weighted by molar-refractivity contribution is 5.26. The minimum atomic E-state index is 0.837. The van der Waals surface area contributed by atoms with Gasteiger partial charge in [-0.15, -0.1) is 0 Å². The second kappa shape index (κ2) is 9.07. The molecule has 2 rings (SSSR count). The Bertz CT molecular complexity index is 415. The molecule has 0 spiro atoms. The molecule has 1 aliphatic rings. The van der Waals surface area contributed by atoms with E-state index >= 15 is 0 Å². The summed E-state index contributed by atoms with van der Waals surface area (Å²) in [6, 6.07) is 11.0. The molecule has 0 radical (unpaired) electrons. The van der Waals surface area contributed by atoms with Crippen molar-refractivity contribution in [3.8, 4) is 0 Å². The predicted octanol–water partition coefficient (Wildman–Crippen LogP) is 6.88. The van der Waals surface area contributed by atoms with E-state index in [9.17, 15) is 0 Å². The minimum absolute atomic E-state index is 0.837. The van der Waals surface area contributed by atoms with Gasteiger partial charge in [-0.3, -0.25) is 0 Å². The molecule has 1 aromatic rings. The van der Waals surface area contributed by atoms with Crippen LogP contribution in [0.15, 0.2) is 42.0 Å². The number of benzene rings is 1. The van der Waals surface area contributed by atoms with Crippen LogP contribution in [0.1, 0.15) is 83.1 Å². The molecular formula is C21H32. The Morgan fingerprint density at radius 2 is 1.76 bits per heavy atom. The van der Waals surface area contributed by atoms with Crippen molar-refractivity contribution in [1.82, 2.24) is 0 Å². The van der Waals surface area contributed by atoms with Crippen LogP contribution in [0.25, 0.3) is 0 Å². The molecule has 1 saturated carbocycles. The molecule has 1 aromatic carbocycles. The Labute approximate surface area is 131 Å². The van der Waals surface area contributed by atoms with E-state index in [0.29, 0.717) is 0 Å². The molecule has 0 unspecified atom stereocenters. The van der Waals surface area contributed by atoms with Gasteiger partial charge in [-0.1, -0.05) is 81.0 Å². The monoisotopic (exact) mass is 284 g/mol. The highest BCUT2D eigenvalue weighted by atomic mass is 14.4. The maximum absolute atomic E-state index is 2.50. The van der Waals surface area contributed by atoms with E-state index in [1.165, 1.54) is 57.8 Å². The van der Waals surface area contributed by atoms with Gasteiger partial charge in [-0.25, -0.2) is 0 Å². The molecule has 0 heterocycles. The lowest BCUT2D eigenvalue weighted by Gasteiger charge is -2.03. The van der Waals surface area contributed by atoms with Gasteiger partial charge in [0.1, 0.15) is 0 Å². The van der Waals surface area contributed by atoms with E-state index in [2.05, 4.69) is 50.3 Å². The molecule has 1 fully saturated rings. The van der Waals surface area contributed by atoms with Crippen LogP contribution in [0.3, 0.4) is 0 Å². The second-order valence-corrected chi connectivity index (χ2v) is 6.82. The Morgan fingerprint density at radius 3 is 2.52 bits per heavy atom. The first kappa shape index (κ1) is 16.3. The van der Waals surface area contributed by atoms with E-state index in [-0.39, 0.29) is 0 Å². The van der Waals surface area contributed by atoms with Crippen molar-refractivity contribution < 1.29 is 0 Å². The summed E-state index contributed by atoms with van der Waals surface area (Å²) in [7, 11) is 0. The van der Waals surface area contributed by atoms with Gasteiger partial charge in [0.25, 0.3) is 0 Å². The lowest BCUT2D eigenvalue weighted by Crippen LogP contribution is -1.86. The van der Waals surface area contributed by atoms with Gasteiger partial charge in [-0.2, -0.15) is 0 Å². The van der Waals surface area contributed by atoms with Crippen LogP contribution >= 0.6 is 0 Å². The fraction of sp³-hybridized carbons (Fsp3) is 0.619. The second-order valence-electron chi connectivity index (χ2n) is 6.82. The Hall–Kier alpha value is -1.04. The van der Waals surface area contributed by atoms with Gasteiger partial charge in [0, 0.05) is 0 Å². The van der Waals surface area contributed by atoms with Crippen molar-refractivity contribution in [2.24, 2.45) is 5.92 Å². The largest absolute Gasteiger partial charge is 0.0856 e. The lowest BCUT2D eigenvalue weighted by molar-refractivity contribution is 0.610. The Morgan fingerprint density at radius 1 is 1.05 bits per heavy atom. The molecule has 0 aromatic heterocycles. The minimum Gasteiger partial charge on any atom is -0.0856 e. The predicted molar refractivity (Wildman–Crippen MR) is 93.7 cm³/mol. The van der Waals surface area contributed by atoms with E-state index in [4.69, 9.17) is 0 Å². The average Bonchev–Trinajstić information content (AvgIpc) is 3.26. The van der Waals surface area contributed by atoms with Crippen molar-refractivity contribution in [2.75, 3.05) is 0 Å². The third-order valence-electron chi connectivity index (χ3n) is 4.78. The first-order chi connectivity index (χ1) is 10.3. The number of allylic oxidation sites excluding steroid dienone is 2. The lowest BCUT2D eigenvalue weighted by atomic mass is 10.0. The zero-order chi connectivity index (χ0) is 14.9. The summed E-state index contributed by atoms with van der Waals surface area (Å²) in [4.78, 5) is 0. The van der Waals surface area contributed by atoms with Crippen LogP contribution in [-0.4, -0.2) is 0 Å². The summed E-state index contributed by atoms with van der Waals surface area (Å²) in [6.45, 7) is 4.62. The summed E-state index contributed by atoms with van der Waals surface area (Å²) in [6.07, 6.45) is 14.9. The maximum Gasteiger partial charge on any atom is -0.0127 e. The summed E-state index contributed by atoms with van der Waals surface area (Å²) in [5.41, 5.74) is 3.17. The number of unbranched alkanes of at least 4 members (excludes halogenated alkanes) is 6. The molecule has 1 aliphatic carbocycles. The molecular weight excluding hydrogens is 252 g/mol. The molecule has 116 valence electrons. The summed E-state index contributed by atoms with van der Waals surface area (Å²) >= 11 is 0. The van der Waals surface area contributed by atoms with Gasteiger partial charge in [0.15, 0.2) is 0 Å². The molecule has 0 aliphatic heterocycles. The SMILES string of the molecule is CCCCCCCC/C=C(/C)C[C@@H]1C[C@@H]1c1ccccc1. The standard InChI is InChI=1S/C21H32/c1-3-4-5-6-7-8-10-13-18(2)16-20-17-21(20)19-14-11-9-12-15-19/h9,11-15,20-21H,3-8,10,16-17H2,1-2H3/b18-13-/t20-,21-/m1/s1. The third kappa shape index (κ3) is 6.08. The first-order valence-electron chi connectivity index (χ1n) is 9.02. The molecule has 2 atom stereocenters. The molecule has 0 nitrogen and oxygen atoms in total. The zero-order valence-electron chi connectivity index (χ0n) is 14.0. The van der Waals surface area contributed by atoms with Crippen molar-refractivity contribution in [2.45, 2.75) is 77.6 Å².